The van der Waals surface area contributed by atoms with E-state index >= 15 is 0 Å². The smallest absolute Gasteiger partial charge is 0.325 e. The highest BCUT2D eigenvalue weighted by atomic mass is 16.4. The van der Waals surface area contributed by atoms with E-state index in [-0.39, 0.29) is 6.54 Å². The largest absolute Gasteiger partial charge is 0.480 e. The van der Waals surface area contributed by atoms with Gasteiger partial charge in [-0.1, -0.05) is 0 Å². The number of primary amides is 1. The second kappa shape index (κ2) is 4.26. The number of carboxylic acids is 1. The molecule has 1 unspecified atom stereocenters. The first-order valence-electron chi connectivity index (χ1n) is 5.45. The third-order valence-electron chi connectivity index (χ3n) is 3.08. The molecule has 1 aliphatic heterocycles. The molecule has 0 aromatic carbocycles. The minimum atomic E-state index is -1.26. The molecule has 0 spiro atoms. The number of pyridine rings is 1. The predicted molar refractivity (Wildman–Crippen MR) is 64.1 cm³/mol. The molecule has 1 aromatic heterocycles. The molecule has 7 nitrogen and oxygen atoms in total. The summed E-state index contributed by atoms with van der Waals surface area (Å²) in [6.07, 6.45) is 1.80. The van der Waals surface area contributed by atoms with Gasteiger partial charge in [-0.3, -0.25) is 9.59 Å². The molecule has 1 aromatic rings. The number of carbonyl (C=O) groups excluding carboxylic acids is 1. The molecule has 1 atom stereocenters. The third kappa shape index (κ3) is 2.12. The molecule has 1 fully saturated rings. The van der Waals surface area contributed by atoms with Crippen LogP contribution in [0.15, 0.2) is 18.3 Å². The van der Waals surface area contributed by atoms with Gasteiger partial charge in [0.15, 0.2) is 0 Å². The highest BCUT2D eigenvalue weighted by Gasteiger charge is 2.41. The van der Waals surface area contributed by atoms with Crippen LogP contribution in [0.1, 0.15) is 16.8 Å². The molecule has 0 radical (unpaired) electrons. The quantitative estimate of drug-likeness (QED) is 0.643. The number of hydrogen-bond donors (Lipinski definition) is 3. The third-order valence-corrected chi connectivity index (χ3v) is 3.08. The number of rotatable bonds is 3. The van der Waals surface area contributed by atoms with Crippen molar-refractivity contribution in [2.24, 2.45) is 11.5 Å². The van der Waals surface area contributed by atoms with E-state index in [1.54, 1.807) is 4.90 Å². The molecular formula is C11H14N4O3. The molecule has 7 heteroatoms. The summed E-state index contributed by atoms with van der Waals surface area (Å²) in [6, 6.07) is 3.05. The maximum absolute atomic E-state index is 11.1. The van der Waals surface area contributed by atoms with Crippen molar-refractivity contribution in [3.63, 3.8) is 0 Å². The van der Waals surface area contributed by atoms with E-state index in [2.05, 4.69) is 4.98 Å². The van der Waals surface area contributed by atoms with Crippen molar-refractivity contribution < 1.29 is 14.7 Å². The van der Waals surface area contributed by atoms with Gasteiger partial charge in [-0.05, 0) is 18.6 Å². The van der Waals surface area contributed by atoms with Gasteiger partial charge in [0, 0.05) is 24.8 Å². The van der Waals surface area contributed by atoms with Crippen LogP contribution in [0.2, 0.25) is 0 Å². The Labute approximate surface area is 103 Å². The first kappa shape index (κ1) is 12.3. The lowest BCUT2D eigenvalue weighted by atomic mass is 10.0. The van der Waals surface area contributed by atoms with Crippen LogP contribution in [-0.4, -0.2) is 40.6 Å². The van der Waals surface area contributed by atoms with Gasteiger partial charge in [0.2, 0.25) is 5.91 Å². The number of anilines is 1. The Morgan fingerprint density at radius 1 is 1.50 bits per heavy atom. The van der Waals surface area contributed by atoms with E-state index in [4.69, 9.17) is 16.6 Å². The van der Waals surface area contributed by atoms with Crippen molar-refractivity contribution in [3.05, 3.63) is 23.9 Å². The molecule has 1 amide bonds. The van der Waals surface area contributed by atoms with Crippen molar-refractivity contribution in [3.8, 4) is 0 Å². The minimum Gasteiger partial charge on any atom is -0.480 e. The molecular weight excluding hydrogens is 236 g/mol. The zero-order chi connectivity index (χ0) is 13.3. The summed E-state index contributed by atoms with van der Waals surface area (Å²) >= 11 is 0. The number of carboxylic acid groups (broad SMARTS) is 1. The topological polar surface area (TPSA) is 123 Å². The van der Waals surface area contributed by atoms with Gasteiger partial charge in [-0.2, -0.15) is 0 Å². The van der Waals surface area contributed by atoms with Crippen LogP contribution < -0.4 is 16.4 Å². The molecule has 96 valence electrons. The van der Waals surface area contributed by atoms with Crippen LogP contribution in [0.5, 0.6) is 0 Å². The number of nitrogens with zero attached hydrogens (tertiary/aromatic N) is 2. The lowest BCUT2D eigenvalue weighted by Crippen LogP contribution is -2.50. The second-order valence-electron chi connectivity index (χ2n) is 4.40. The van der Waals surface area contributed by atoms with E-state index < -0.39 is 17.4 Å². The summed E-state index contributed by atoms with van der Waals surface area (Å²) in [5.41, 5.74) is 10.0. The fraction of sp³-hybridized carbons (Fsp3) is 0.364. The molecule has 0 saturated carbocycles. The predicted octanol–water partition coefficient (Wildman–Crippen LogP) is -0.827. The zero-order valence-electron chi connectivity index (χ0n) is 9.67. The van der Waals surface area contributed by atoms with Gasteiger partial charge in [0.1, 0.15) is 11.4 Å². The molecule has 1 aliphatic rings. The molecule has 5 N–H and O–H groups in total. The van der Waals surface area contributed by atoms with Crippen molar-refractivity contribution in [2.75, 3.05) is 18.0 Å². The van der Waals surface area contributed by atoms with Crippen molar-refractivity contribution in [1.82, 2.24) is 4.98 Å². The van der Waals surface area contributed by atoms with Gasteiger partial charge in [-0.25, -0.2) is 4.98 Å². The number of carbonyl (C=O) groups is 2. The summed E-state index contributed by atoms with van der Waals surface area (Å²) < 4.78 is 0. The normalized spacial score (nSPS) is 23.1. The summed E-state index contributed by atoms with van der Waals surface area (Å²) in [5, 5.41) is 9.03. The first-order chi connectivity index (χ1) is 8.42. The molecule has 1 saturated heterocycles. The van der Waals surface area contributed by atoms with E-state index in [0.29, 0.717) is 24.3 Å². The molecule has 2 heterocycles. The number of amides is 1. The lowest BCUT2D eigenvalue weighted by molar-refractivity contribution is -0.142. The fourth-order valence-corrected chi connectivity index (χ4v) is 1.95. The highest BCUT2D eigenvalue weighted by Crippen LogP contribution is 2.24. The Kier molecular flexibility index (Phi) is 2.92. The van der Waals surface area contributed by atoms with Crippen LogP contribution in [0.25, 0.3) is 0 Å². The Morgan fingerprint density at radius 3 is 2.78 bits per heavy atom. The van der Waals surface area contributed by atoms with Crippen LogP contribution in [-0.2, 0) is 4.79 Å². The fourth-order valence-electron chi connectivity index (χ4n) is 1.95. The maximum atomic E-state index is 11.1. The zero-order valence-corrected chi connectivity index (χ0v) is 9.67. The molecule has 2 rings (SSSR count). The number of aliphatic carboxylic acids is 1. The Bertz CT molecular complexity index is 505. The van der Waals surface area contributed by atoms with Crippen LogP contribution in [0.3, 0.4) is 0 Å². The van der Waals surface area contributed by atoms with Crippen molar-refractivity contribution >= 4 is 17.7 Å². The Hall–Kier alpha value is -2.15. The highest BCUT2D eigenvalue weighted by molar-refractivity contribution is 5.93. The van der Waals surface area contributed by atoms with E-state index in [9.17, 15) is 9.59 Å². The number of nitrogens with two attached hydrogens (primary N) is 2. The van der Waals surface area contributed by atoms with Crippen molar-refractivity contribution in [1.29, 1.82) is 0 Å². The maximum Gasteiger partial charge on any atom is 0.325 e. The van der Waals surface area contributed by atoms with Crippen molar-refractivity contribution in [2.45, 2.75) is 12.0 Å². The van der Waals surface area contributed by atoms with Gasteiger partial charge >= 0.3 is 5.97 Å². The molecule has 18 heavy (non-hydrogen) atoms. The molecule has 0 bridgehead atoms. The van der Waals surface area contributed by atoms with Gasteiger partial charge in [0.25, 0.3) is 0 Å². The average molecular weight is 250 g/mol. The van der Waals surface area contributed by atoms with Gasteiger partial charge in [0.05, 0.1) is 0 Å². The number of hydrogen-bond acceptors (Lipinski definition) is 5. The van der Waals surface area contributed by atoms with E-state index in [1.807, 2.05) is 0 Å². The van der Waals surface area contributed by atoms with Crippen LogP contribution >= 0.6 is 0 Å². The van der Waals surface area contributed by atoms with Crippen LogP contribution in [0, 0.1) is 0 Å². The molecule has 0 aliphatic carbocycles. The first-order valence-corrected chi connectivity index (χ1v) is 5.45. The standard InChI is InChI=1S/C11H14N4O3/c12-9(16)7-1-3-14-8(5-7)15-4-2-11(13,6-15)10(17)18/h1,3,5H,2,4,6,13H2,(H2,12,16)(H,17,18). The van der Waals surface area contributed by atoms with E-state index in [1.165, 1.54) is 18.3 Å². The number of aromatic nitrogens is 1. The SMILES string of the molecule is NC(=O)c1ccnc(N2CCC(N)(C(=O)O)C2)c1. The Balaban J connectivity index is 2.22. The van der Waals surface area contributed by atoms with E-state index in [0.717, 1.165) is 0 Å². The summed E-state index contributed by atoms with van der Waals surface area (Å²) in [4.78, 5) is 27.9. The van der Waals surface area contributed by atoms with Gasteiger partial charge in [-0.15, -0.1) is 0 Å². The summed E-state index contributed by atoms with van der Waals surface area (Å²) in [5.74, 6) is -1.06. The van der Waals surface area contributed by atoms with Crippen LogP contribution in [0.4, 0.5) is 5.82 Å². The summed E-state index contributed by atoms with van der Waals surface area (Å²) in [6.45, 7) is 0.648. The van der Waals surface area contributed by atoms with Gasteiger partial charge < -0.3 is 21.5 Å². The Morgan fingerprint density at radius 2 is 2.22 bits per heavy atom. The minimum absolute atomic E-state index is 0.164. The lowest BCUT2D eigenvalue weighted by Gasteiger charge is -2.20. The second-order valence-corrected chi connectivity index (χ2v) is 4.40. The monoisotopic (exact) mass is 250 g/mol. The summed E-state index contributed by atoms with van der Waals surface area (Å²) in [7, 11) is 0. The average Bonchev–Trinajstić information content (AvgIpc) is 2.73.